The lowest BCUT2D eigenvalue weighted by Crippen LogP contribution is -2.59. The minimum Gasteiger partial charge on any atom is -0.352 e. The molecule has 1 aliphatic heterocycles. The summed E-state index contributed by atoms with van der Waals surface area (Å²) in [5, 5.41) is 2.61. The van der Waals surface area contributed by atoms with Gasteiger partial charge < -0.3 is 10.2 Å². The van der Waals surface area contributed by atoms with E-state index in [1.54, 1.807) is 0 Å². The predicted octanol–water partition coefficient (Wildman–Crippen LogP) is 2.01. The van der Waals surface area contributed by atoms with E-state index in [9.17, 15) is 22.8 Å². The van der Waals surface area contributed by atoms with Crippen LogP contribution in [0.4, 0.5) is 13.2 Å². The second kappa shape index (κ2) is 6.07. The molecule has 1 N–H and O–H groups in total. The number of carbonyl (C=O) groups excluding carboxylic acids is 2. The van der Waals surface area contributed by atoms with Crippen LogP contribution in [0.25, 0.3) is 0 Å². The monoisotopic (exact) mass is 304 g/mol. The van der Waals surface area contributed by atoms with Crippen molar-refractivity contribution in [3.63, 3.8) is 0 Å². The summed E-state index contributed by atoms with van der Waals surface area (Å²) in [6.07, 6.45) is 0.260. The van der Waals surface area contributed by atoms with Gasteiger partial charge in [-0.1, -0.05) is 12.2 Å². The third-order valence-corrected chi connectivity index (χ3v) is 4.01. The maximum Gasteiger partial charge on any atom is 0.408 e. The topological polar surface area (TPSA) is 49.4 Å². The molecule has 0 bridgehead atoms. The molecule has 0 aromatic carbocycles. The maximum atomic E-state index is 13.1. The molecule has 0 aromatic heterocycles. The van der Waals surface area contributed by atoms with Gasteiger partial charge in [0.05, 0.1) is 0 Å². The number of alkyl halides is 3. The fourth-order valence-electron chi connectivity index (χ4n) is 3.01. The van der Waals surface area contributed by atoms with Crippen LogP contribution in [-0.4, -0.2) is 41.5 Å². The number of halogens is 3. The standard InChI is InChI=1S/C14H19F3N2O2/c1-9(20)18-11-6-7-12(14(15,16)17)19(8-11)13(21)10-4-2-3-5-10/h2-3,10-12H,4-8H2,1H3,(H,18,20)/t11-,12+/m0/s1. The Morgan fingerprint density at radius 1 is 1.19 bits per heavy atom. The van der Waals surface area contributed by atoms with Crippen LogP contribution in [0.5, 0.6) is 0 Å². The fourth-order valence-corrected chi connectivity index (χ4v) is 3.01. The number of amides is 2. The number of piperidine rings is 1. The highest BCUT2D eigenvalue weighted by Gasteiger charge is 2.49. The number of nitrogens with zero attached hydrogens (tertiary/aromatic N) is 1. The Balaban J connectivity index is 2.12. The quantitative estimate of drug-likeness (QED) is 0.793. The Morgan fingerprint density at radius 3 is 2.33 bits per heavy atom. The highest BCUT2D eigenvalue weighted by Crippen LogP contribution is 2.34. The van der Waals surface area contributed by atoms with Crippen molar-refractivity contribution in [2.75, 3.05) is 6.54 Å². The van der Waals surface area contributed by atoms with Gasteiger partial charge in [-0.25, -0.2) is 0 Å². The zero-order valence-corrected chi connectivity index (χ0v) is 11.8. The SMILES string of the molecule is CC(=O)N[C@H]1CC[C@H](C(F)(F)F)N(C(=O)C2CC=CC2)C1. The minimum absolute atomic E-state index is 0.0703. The number of nitrogens with one attached hydrogen (secondary N) is 1. The molecule has 1 saturated heterocycles. The molecule has 1 heterocycles. The molecule has 0 unspecified atom stereocenters. The summed E-state index contributed by atoms with van der Waals surface area (Å²) >= 11 is 0. The van der Waals surface area contributed by atoms with E-state index in [1.165, 1.54) is 6.92 Å². The Hall–Kier alpha value is -1.53. The van der Waals surface area contributed by atoms with Crippen LogP contribution in [0.2, 0.25) is 0 Å². The lowest BCUT2D eigenvalue weighted by atomic mass is 9.94. The molecule has 2 amide bonds. The number of rotatable bonds is 2. The summed E-state index contributed by atoms with van der Waals surface area (Å²) in [7, 11) is 0. The van der Waals surface area contributed by atoms with Gasteiger partial charge in [-0.3, -0.25) is 9.59 Å². The van der Waals surface area contributed by atoms with Crippen molar-refractivity contribution < 1.29 is 22.8 Å². The lowest BCUT2D eigenvalue weighted by Gasteiger charge is -2.41. The third kappa shape index (κ3) is 3.77. The van der Waals surface area contributed by atoms with Crippen LogP contribution < -0.4 is 5.32 Å². The van der Waals surface area contributed by atoms with Crippen LogP contribution in [0.3, 0.4) is 0 Å². The van der Waals surface area contributed by atoms with E-state index >= 15 is 0 Å². The number of likely N-dealkylation sites (tertiary alicyclic amines) is 1. The molecule has 2 rings (SSSR count). The molecule has 2 aliphatic rings. The third-order valence-electron chi connectivity index (χ3n) is 4.01. The van der Waals surface area contributed by atoms with Gasteiger partial charge in [-0.15, -0.1) is 0 Å². The largest absolute Gasteiger partial charge is 0.408 e. The zero-order chi connectivity index (χ0) is 15.6. The van der Waals surface area contributed by atoms with Crippen LogP contribution in [0, 0.1) is 5.92 Å². The van der Waals surface area contributed by atoms with E-state index < -0.39 is 30.1 Å². The molecule has 1 aliphatic carbocycles. The molecule has 21 heavy (non-hydrogen) atoms. The number of hydrogen-bond donors (Lipinski definition) is 1. The molecular formula is C14H19F3N2O2. The molecule has 0 aromatic rings. The molecule has 7 heteroatoms. The minimum atomic E-state index is -4.43. The fraction of sp³-hybridized carbons (Fsp3) is 0.714. The molecular weight excluding hydrogens is 285 g/mol. The molecule has 4 nitrogen and oxygen atoms in total. The molecule has 0 saturated carbocycles. The highest BCUT2D eigenvalue weighted by atomic mass is 19.4. The first-order valence-corrected chi connectivity index (χ1v) is 7.08. The second-order valence-electron chi connectivity index (χ2n) is 5.66. The van der Waals surface area contributed by atoms with Gasteiger partial charge in [0.15, 0.2) is 0 Å². The van der Waals surface area contributed by atoms with Crippen LogP contribution in [0.1, 0.15) is 32.6 Å². The van der Waals surface area contributed by atoms with Crippen molar-refractivity contribution in [2.24, 2.45) is 5.92 Å². The normalized spacial score (nSPS) is 27.0. The van der Waals surface area contributed by atoms with E-state index in [0.29, 0.717) is 12.8 Å². The predicted molar refractivity (Wildman–Crippen MR) is 70.3 cm³/mol. The van der Waals surface area contributed by atoms with E-state index in [-0.39, 0.29) is 25.3 Å². The second-order valence-corrected chi connectivity index (χ2v) is 5.66. The highest BCUT2D eigenvalue weighted by molar-refractivity contribution is 5.80. The van der Waals surface area contributed by atoms with E-state index in [0.717, 1.165) is 4.90 Å². The van der Waals surface area contributed by atoms with Gasteiger partial charge in [0.25, 0.3) is 0 Å². The van der Waals surface area contributed by atoms with Crippen molar-refractivity contribution in [2.45, 2.75) is 50.9 Å². The van der Waals surface area contributed by atoms with Gasteiger partial charge in [0, 0.05) is 25.4 Å². The van der Waals surface area contributed by atoms with Crippen molar-refractivity contribution in [3.05, 3.63) is 12.2 Å². The summed E-state index contributed by atoms with van der Waals surface area (Å²) in [6, 6.07) is -2.14. The summed E-state index contributed by atoms with van der Waals surface area (Å²) in [5.74, 6) is -1.15. The summed E-state index contributed by atoms with van der Waals surface area (Å²) in [6.45, 7) is 1.25. The summed E-state index contributed by atoms with van der Waals surface area (Å²) < 4.78 is 39.4. The van der Waals surface area contributed by atoms with Crippen molar-refractivity contribution in [1.29, 1.82) is 0 Å². The van der Waals surface area contributed by atoms with Gasteiger partial charge in [-0.05, 0) is 25.7 Å². The van der Waals surface area contributed by atoms with Gasteiger partial charge in [0.2, 0.25) is 11.8 Å². The molecule has 2 atom stereocenters. The lowest BCUT2D eigenvalue weighted by molar-refractivity contribution is -0.199. The smallest absolute Gasteiger partial charge is 0.352 e. The summed E-state index contributed by atoms with van der Waals surface area (Å²) in [4.78, 5) is 24.4. The van der Waals surface area contributed by atoms with Crippen LogP contribution >= 0.6 is 0 Å². The van der Waals surface area contributed by atoms with Crippen molar-refractivity contribution >= 4 is 11.8 Å². The van der Waals surface area contributed by atoms with Gasteiger partial charge in [0.1, 0.15) is 6.04 Å². The average molecular weight is 304 g/mol. The van der Waals surface area contributed by atoms with Crippen molar-refractivity contribution in [1.82, 2.24) is 10.2 Å². The first kappa shape index (κ1) is 15.9. The molecule has 0 radical (unpaired) electrons. The molecule has 118 valence electrons. The zero-order valence-electron chi connectivity index (χ0n) is 11.8. The first-order chi connectivity index (χ1) is 9.79. The Bertz CT molecular complexity index is 440. The number of carbonyl (C=O) groups is 2. The van der Waals surface area contributed by atoms with E-state index in [1.807, 2.05) is 12.2 Å². The molecule has 0 spiro atoms. The molecule has 1 fully saturated rings. The van der Waals surface area contributed by atoms with Crippen molar-refractivity contribution in [3.8, 4) is 0 Å². The van der Waals surface area contributed by atoms with Crippen LogP contribution in [-0.2, 0) is 9.59 Å². The average Bonchev–Trinajstić information content (AvgIpc) is 2.89. The van der Waals surface area contributed by atoms with E-state index in [2.05, 4.69) is 5.32 Å². The van der Waals surface area contributed by atoms with E-state index in [4.69, 9.17) is 0 Å². The number of allylic oxidation sites excluding steroid dienone is 2. The maximum absolute atomic E-state index is 13.1. The van der Waals surface area contributed by atoms with Gasteiger partial charge in [-0.2, -0.15) is 13.2 Å². The van der Waals surface area contributed by atoms with Gasteiger partial charge >= 0.3 is 6.18 Å². The first-order valence-electron chi connectivity index (χ1n) is 7.08. The summed E-state index contributed by atoms with van der Waals surface area (Å²) in [5.41, 5.74) is 0. The number of hydrogen-bond acceptors (Lipinski definition) is 2. The Kier molecular flexibility index (Phi) is 4.58. The Labute approximate surface area is 121 Å². The Morgan fingerprint density at radius 2 is 1.81 bits per heavy atom. The van der Waals surface area contributed by atoms with Crippen LogP contribution in [0.15, 0.2) is 12.2 Å².